The molecule has 1 aromatic heterocycles. The van der Waals surface area contributed by atoms with Crippen molar-refractivity contribution in [2.24, 2.45) is 0 Å². The molecule has 28 heavy (non-hydrogen) atoms. The van der Waals surface area contributed by atoms with Gasteiger partial charge in [0.05, 0.1) is 12.2 Å². The zero-order valence-corrected chi connectivity index (χ0v) is 15.6. The maximum atomic E-state index is 13.1. The third kappa shape index (κ3) is 3.25. The quantitative estimate of drug-likeness (QED) is 0.878. The van der Waals surface area contributed by atoms with Crippen LogP contribution in [0.4, 0.5) is 5.69 Å². The first-order valence-electron chi connectivity index (χ1n) is 10.0. The Labute approximate surface area is 163 Å². The van der Waals surface area contributed by atoms with Crippen molar-refractivity contribution >= 4 is 17.5 Å². The highest BCUT2D eigenvalue weighted by Crippen LogP contribution is 2.40. The van der Waals surface area contributed by atoms with Crippen molar-refractivity contribution < 1.29 is 18.8 Å². The van der Waals surface area contributed by atoms with Crippen LogP contribution in [0.15, 0.2) is 28.8 Å². The second kappa shape index (κ2) is 6.96. The number of anilines is 1. The van der Waals surface area contributed by atoms with Gasteiger partial charge in [0.2, 0.25) is 0 Å². The summed E-state index contributed by atoms with van der Waals surface area (Å²) in [6.07, 6.45) is 6.24. The Kier molecular flexibility index (Phi) is 4.30. The summed E-state index contributed by atoms with van der Waals surface area (Å²) in [5.74, 6) is 1.38. The van der Waals surface area contributed by atoms with Crippen LogP contribution in [0.3, 0.4) is 0 Å². The Morgan fingerprint density at radius 1 is 1.14 bits per heavy atom. The highest BCUT2D eigenvalue weighted by molar-refractivity contribution is 6.04. The molecule has 1 saturated carbocycles. The number of hydrogen-bond acceptors (Lipinski definition) is 5. The lowest BCUT2D eigenvalue weighted by Crippen LogP contribution is -2.45. The molecule has 0 spiro atoms. The van der Waals surface area contributed by atoms with Crippen molar-refractivity contribution in [2.45, 2.75) is 50.5 Å². The minimum atomic E-state index is -0.342. The van der Waals surface area contributed by atoms with E-state index in [0.29, 0.717) is 29.5 Å². The molecule has 1 N–H and O–H groups in total. The number of carbonyl (C=O) groups excluding carboxylic acids is 2. The lowest BCUT2D eigenvalue weighted by atomic mass is 9.97. The third-order valence-electron chi connectivity index (χ3n) is 5.81. The van der Waals surface area contributed by atoms with Crippen LogP contribution >= 0.6 is 0 Å². The molecule has 0 unspecified atom stereocenters. The fourth-order valence-electron chi connectivity index (χ4n) is 4.08. The van der Waals surface area contributed by atoms with Crippen LogP contribution in [0.1, 0.15) is 71.0 Å². The normalized spacial score (nSPS) is 21.8. The molecule has 2 aliphatic heterocycles. The van der Waals surface area contributed by atoms with Gasteiger partial charge in [-0.25, -0.2) is 0 Å². The largest absolute Gasteiger partial charge is 0.493 e. The molecule has 0 radical (unpaired) electrons. The molecule has 2 fully saturated rings. The van der Waals surface area contributed by atoms with Crippen molar-refractivity contribution in [3.63, 3.8) is 0 Å². The van der Waals surface area contributed by atoms with E-state index in [1.54, 1.807) is 24.3 Å². The lowest BCUT2D eigenvalue weighted by molar-refractivity contribution is 0.0548. The van der Waals surface area contributed by atoms with Crippen molar-refractivity contribution in [1.82, 2.24) is 10.1 Å². The first-order chi connectivity index (χ1) is 13.7. The van der Waals surface area contributed by atoms with Crippen LogP contribution < -0.4 is 10.1 Å². The maximum Gasteiger partial charge on any atom is 0.277 e. The number of fused-ring (bicyclic) bond motifs is 2. The van der Waals surface area contributed by atoms with Gasteiger partial charge in [0.1, 0.15) is 11.5 Å². The topological polar surface area (TPSA) is 84.7 Å². The molecular formula is C21H23N3O4. The molecule has 5 rings (SSSR count). The van der Waals surface area contributed by atoms with Crippen molar-refractivity contribution in [2.75, 3.05) is 18.5 Å². The van der Waals surface area contributed by atoms with Crippen LogP contribution in [0.25, 0.3) is 0 Å². The Bertz CT molecular complexity index is 918. The monoisotopic (exact) mass is 381 g/mol. The third-order valence-corrected chi connectivity index (χ3v) is 5.81. The Morgan fingerprint density at radius 3 is 2.89 bits per heavy atom. The van der Waals surface area contributed by atoms with Crippen molar-refractivity contribution in [1.29, 1.82) is 0 Å². The molecule has 3 heterocycles. The van der Waals surface area contributed by atoms with E-state index in [1.807, 2.05) is 4.90 Å². The fourth-order valence-corrected chi connectivity index (χ4v) is 4.08. The van der Waals surface area contributed by atoms with Crippen LogP contribution in [0.5, 0.6) is 5.75 Å². The summed E-state index contributed by atoms with van der Waals surface area (Å²) in [6.45, 7) is 1.37. The maximum absolute atomic E-state index is 13.1. The van der Waals surface area contributed by atoms with Gasteiger partial charge in [-0.15, -0.1) is 0 Å². The van der Waals surface area contributed by atoms with Crippen LogP contribution in [0.2, 0.25) is 0 Å². The van der Waals surface area contributed by atoms with Gasteiger partial charge in [-0.2, -0.15) is 0 Å². The molecule has 1 aliphatic carbocycles. The van der Waals surface area contributed by atoms with Crippen LogP contribution in [0, 0.1) is 0 Å². The molecular weight excluding hydrogens is 358 g/mol. The van der Waals surface area contributed by atoms with Crippen molar-refractivity contribution in [3.05, 3.63) is 41.3 Å². The summed E-state index contributed by atoms with van der Waals surface area (Å²) in [4.78, 5) is 27.6. The molecule has 146 valence electrons. The van der Waals surface area contributed by atoms with Gasteiger partial charge in [-0.05, 0) is 50.3 Å². The van der Waals surface area contributed by atoms with Crippen LogP contribution in [-0.4, -0.2) is 41.1 Å². The number of hydrogen-bond donors (Lipinski definition) is 1. The predicted octanol–water partition coefficient (Wildman–Crippen LogP) is 3.58. The van der Waals surface area contributed by atoms with E-state index in [2.05, 4.69) is 10.5 Å². The summed E-state index contributed by atoms with van der Waals surface area (Å²) in [5.41, 5.74) is 1.31. The van der Waals surface area contributed by atoms with Gasteiger partial charge in [-0.1, -0.05) is 5.16 Å². The smallest absolute Gasteiger partial charge is 0.277 e. The number of benzene rings is 1. The van der Waals surface area contributed by atoms with Gasteiger partial charge >= 0.3 is 0 Å². The second-order valence-corrected chi connectivity index (χ2v) is 7.84. The standard InChI is InChI=1S/C21H23N3O4/c25-20(17-12-19(28-23-17)13-4-5-13)22-14-6-7-18-16(11-14)21(26)24-9-2-1-3-15(24)8-10-27-18/h6-7,11-13,15H,1-5,8-10H2,(H,22,25)/t15-/m1/s1. The number of nitrogens with one attached hydrogen (secondary N) is 1. The van der Waals surface area contributed by atoms with E-state index < -0.39 is 0 Å². The summed E-state index contributed by atoms with van der Waals surface area (Å²) < 4.78 is 11.1. The van der Waals surface area contributed by atoms with Crippen LogP contribution in [-0.2, 0) is 0 Å². The average molecular weight is 381 g/mol. The number of carbonyl (C=O) groups is 2. The first-order valence-corrected chi connectivity index (χ1v) is 10.0. The predicted molar refractivity (Wildman–Crippen MR) is 102 cm³/mol. The number of aromatic nitrogens is 1. The molecule has 7 nitrogen and oxygen atoms in total. The van der Waals surface area contributed by atoms with E-state index in [1.165, 1.54) is 0 Å². The highest BCUT2D eigenvalue weighted by Gasteiger charge is 2.32. The summed E-state index contributed by atoms with van der Waals surface area (Å²) in [5, 5.41) is 6.69. The lowest BCUT2D eigenvalue weighted by Gasteiger charge is -2.37. The van der Waals surface area contributed by atoms with Gasteiger partial charge in [0, 0.05) is 36.7 Å². The molecule has 2 aromatic rings. The molecule has 1 saturated heterocycles. The Balaban J connectivity index is 1.37. The average Bonchev–Trinajstić information content (AvgIpc) is 3.44. The minimum Gasteiger partial charge on any atom is -0.493 e. The second-order valence-electron chi connectivity index (χ2n) is 7.84. The fraction of sp³-hybridized carbons (Fsp3) is 0.476. The number of amides is 2. The van der Waals surface area contributed by atoms with E-state index in [4.69, 9.17) is 9.26 Å². The van der Waals surface area contributed by atoms with Gasteiger partial charge in [-0.3, -0.25) is 9.59 Å². The highest BCUT2D eigenvalue weighted by atomic mass is 16.5. The van der Waals surface area contributed by atoms with Gasteiger partial charge in [0.25, 0.3) is 11.8 Å². The van der Waals surface area contributed by atoms with E-state index in [-0.39, 0.29) is 23.6 Å². The molecule has 2 amide bonds. The zero-order chi connectivity index (χ0) is 19.1. The molecule has 1 aromatic carbocycles. The molecule has 7 heteroatoms. The van der Waals surface area contributed by atoms with E-state index >= 15 is 0 Å². The van der Waals surface area contributed by atoms with E-state index in [9.17, 15) is 9.59 Å². The first kappa shape index (κ1) is 17.3. The SMILES string of the molecule is O=C(Nc1ccc2c(c1)C(=O)N1CCCC[C@@H]1CCO2)c1cc(C2CC2)on1. The van der Waals surface area contributed by atoms with Gasteiger partial charge < -0.3 is 19.5 Å². The number of nitrogens with zero attached hydrogens (tertiary/aromatic N) is 2. The zero-order valence-electron chi connectivity index (χ0n) is 15.6. The molecule has 0 bridgehead atoms. The van der Waals surface area contributed by atoms with E-state index in [0.717, 1.165) is 50.8 Å². The summed E-state index contributed by atoms with van der Waals surface area (Å²) in [6, 6.07) is 7.15. The Morgan fingerprint density at radius 2 is 2.04 bits per heavy atom. The summed E-state index contributed by atoms with van der Waals surface area (Å²) in [7, 11) is 0. The van der Waals surface area contributed by atoms with Crippen molar-refractivity contribution in [3.8, 4) is 5.75 Å². The number of ether oxygens (including phenoxy) is 1. The minimum absolute atomic E-state index is 0.0204. The number of rotatable bonds is 3. The Hall–Kier alpha value is -2.83. The van der Waals surface area contributed by atoms with Gasteiger partial charge in [0.15, 0.2) is 5.69 Å². The molecule has 3 aliphatic rings. The number of piperidine rings is 1. The summed E-state index contributed by atoms with van der Waals surface area (Å²) >= 11 is 0. The molecule has 1 atom stereocenters.